The van der Waals surface area contributed by atoms with E-state index in [1.54, 1.807) is 0 Å². The van der Waals surface area contributed by atoms with Gasteiger partial charge in [-0.25, -0.2) is 4.98 Å². The fourth-order valence-electron chi connectivity index (χ4n) is 1.31. The topological polar surface area (TPSA) is 103 Å². The number of nitro benzene ring substituents is 1. The fraction of sp³-hybridized carbons (Fsp3) is 0.0909. The lowest BCUT2D eigenvalue weighted by molar-refractivity contribution is -0.385. The molecular weight excluding hydrogens is 268 g/mol. The predicted octanol–water partition coefficient (Wildman–Crippen LogP) is 1.88. The lowest BCUT2D eigenvalue weighted by Crippen LogP contribution is -1.99. The zero-order valence-electron chi connectivity index (χ0n) is 9.86. The molecule has 19 heavy (non-hydrogen) atoms. The molecule has 1 aromatic heterocycles. The van der Waals surface area contributed by atoms with Crippen LogP contribution in [0.2, 0.25) is 0 Å². The highest BCUT2D eigenvalue weighted by Crippen LogP contribution is 2.19. The van der Waals surface area contributed by atoms with Crippen LogP contribution < -0.4 is 10.5 Å². The second kappa shape index (κ2) is 5.44. The summed E-state index contributed by atoms with van der Waals surface area (Å²) in [4.78, 5) is 14.2. The van der Waals surface area contributed by atoms with Gasteiger partial charge in [-0.3, -0.25) is 15.5 Å². The molecule has 0 aliphatic rings. The summed E-state index contributed by atoms with van der Waals surface area (Å²) >= 11 is 1.37. The van der Waals surface area contributed by atoms with Gasteiger partial charge in [-0.1, -0.05) is 11.8 Å². The number of rotatable bonds is 4. The second-order valence-corrected chi connectivity index (χ2v) is 4.50. The highest BCUT2D eigenvalue weighted by molar-refractivity contribution is 7.13. The van der Waals surface area contributed by atoms with Crippen molar-refractivity contribution in [3.05, 3.63) is 45.0 Å². The quantitative estimate of drug-likeness (QED) is 0.522. The number of hydrogen-bond donors (Lipinski definition) is 1. The van der Waals surface area contributed by atoms with Crippen molar-refractivity contribution < 1.29 is 10.0 Å². The van der Waals surface area contributed by atoms with Gasteiger partial charge >= 0.3 is 0 Å². The standard InChI is InChI=1S/C11H10N4O3S/c1-7-6-19-11(13-7)14-12-5-8-4-9(15(17)18)2-3-10(8)16/h2-6,16H,1H3,(H,13,14)/p-1/b12-5-. The smallest absolute Gasteiger partial charge is 0.270 e. The Labute approximate surface area is 112 Å². The third-order valence-corrected chi connectivity index (χ3v) is 3.05. The Morgan fingerprint density at radius 1 is 1.53 bits per heavy atom. The zero-order chi connectivity index (χ0) is 13.8. The van der Waals surface area contributed by atoms with Gasteiger partial charge in [0.1, 0.15) is 0 Å². The molecule has 0 saturated heterocycles. The number of thiazole rings is 1. The number of hydrogen-bond acceptors (Lipinski definition) is 7. The molecule has 0 radical (unpaired) electrons. The van der Waals surface area contributed by atoms with Crippen molar-refractivity contribution in [2.45, 2.75) is 6.92 Å². The van der Waals surface area contributed by atoms with E-state index in [4.69, 9.17) is 0 Å². The Kier molecular flexibility index (Phi) is 3.71. The summed E-state index contributed by atoms with van der Waals surface area (Å²) in [5.41, 5.74) is 3.52. The first kappa shape index (κ1) is 13.0. The van der Waals surface area contributed by atoms with E-state index < -0.39 is 4.92 Å². The minimum absolute atomic E-state index is 0.147. The van der Waals surface area contributed by atoms with Crippen LogP contribution in [0.1, 0.15) is 11.3 Å². The van der Waals surface area contributed by atoms with Crippen LogP contribution in [0.3, 0.4) is 0 Å². The molecule has 2 rings (SSSR count). The van der Waals surface area contributed by atoms with E-state index in [1.165, 1.54) is 23.6 Å². The van der Waals surface area contributed by atoms with Crippen molar-refractivity contribution in [3.63, 3.8) is 0 Å². The number of nitrogens with one attached hydrogen (secondary N) is 1. The normalized spacial score (nSPS) is 10.8. The largest absolute Gasteiger partial charge is 0.872 e. The molecule has 1 N–H and O–H groups in total. The summed E-state index contributed by atoms with van der Waals surface area (Å²) in [5, 5.41) is 28.4. The van der Waals surface area contributed by atoms with E-state index in [2.05, 4.69) is 15.5 Å². The maximum Gasteiger partial charge on any atom is 0.270 e. The Morgan fingerprint density at radius 3 is 2.95 bits per heavy atom. The SMILES string of the molecule is Cc1csc(N/N=C\c2cc([N+](=O)[O-])ccc2[O-])n1. The molecule has 0 aliphatic carbocycles. The molecule has 1 heterocycles. The average molecular weight is 277 g/mol. The minimum atomic E-state index is -0.561. The molecule has 8 heteroatoms. The summed E-state index contributed by atoms with van der Waals surface area (Å²) in [5.74, 6) is -0.327. The molecule has 98 valence electrons. The van der Waals surface area contributed by atoms with Gasteiger partial charge in [-0.2, -0.15) is 5.10 Å². The fourth-order valence-corrected chi connectivity index (χ4v) is 1.95. The number of nitro groups is 1. The van der Waals surface area contributed by atoms with Crippen molar-refractivity contribution in [2.75, 3.05) is 5.43 Å². The maximum absolute atomic E-state index is 11.5. The highest BCUT2D eigenvalue weighted by Gasteiger charge is 2.05. The van der Waals surface area contributed by atoms with E-state index in [-0.39, 0.29) is 17.0 Å². The predicted molar refractivity (Wildman–Crippen MR) is 70.6 cm³/mol. The van der Waals surface area contributed by atoms with E-state index in [9.17, 15) is 15.2 Å². The van der Waals surface area contributed by atoms with Crippen molar-refractivity contribution in [2.24, 2.45) is 5.10 Å². The summed E-state index contributed by atoms with van der Waals surface area (Å²) < 4.78 is 0. The molecule has 0 atom stereocenters. The lowest BCUT2D eigenvalue weighted by Gasteiger charge is -2.08. The Hall–Kier alpha value is -2.48. The van der Waals surface area contributed by atoms with Crippen molar-refractivity contribution in [3.8, 4) is 5.75 Å². The Bertz CT molecular complexity index is 639. The van der Waals surface area contributed by atoms with Crippen LogP contribution in [0, 0.1) is 17.0 Å². The molecule has 0 bridgehead atoms. The third-order valence-electron chi connectivity index (χ3n) is 2.19. The number of aromatic nitrogens is 1. The molecule has 7 nitrogen and oxygen atoms in total. The first-order valence-electron chi connectivity index (χ1n) is 5.23. The van der Waals surface area contributed by atoms with Gasteiger partial charge in [0.05, 0.1) is 16.8 Å². The summed E-state index contributed by atoms with van der Waals surface area (Å²) in [6.45, 7) is 1.85. The lowest BCUT2D eigenvalue weighted by atomic mass is 10.2. The van der Waals surface area contributed by atoms with E-state index in [1.807, 2.05) is 12.3 Å². The van der Waals surface area contributed by atoms with E-state index in [0.717, 1.165) is 17.8 Å². The minimum Gasteiger partial charge on any atom is -0.872 e. The van der Waals surface area contributed by atoms with E-state index in [0.29, 0.717) is 5.13 Å². The Morgan fingerprint density at radius 2 is 2.32 bits per heavy atom. The molecular formula is C11H9N4O3S-. The molecule has 2 aromatic rings. The summed E-state index contributed by atoms with van der Waals surface area (Å²) in [7, 11) is 0. The van der Waals surface area contributed by atoms with Gasteiger partial charge in [-0.05, 0) is 12.5 Å². The van der Waals surface area contributed by atoms with Crippen molar-refractivity contribution in [1.82, 2.24) is 4.98 Å². The van der Waals surface area contributed by atoms with Crippen LogP contribution in [0.15, 0.2) is 28.7 Å². The molecule has 0 unspecified atom stereocenters. The van der Waals surface area contributed by atoms with E-state index >= 15 is 0 Å². The van der Waals surface area contributed by atoms with Crippen LogP contribution in [0.25, 0.3) is 0 Å². The van der Waals surface area contributed by atoms with Crippen LogP contribution in [-0.2, 0) is 0 Å². The van der Waals surface area contributed by atoms with Gasteiger partial charge in [0, 0.05) is 17.5 Å². The van der Waals surface area contributed by atoms with Gasteiger partial charge in [-0.15, -0.1) is 11.3 Å². The third kappa shape index (κ3) is 3.26. The molecule has 0 fully saturated rings. The van der Waals surface area contributed by atoms with Gasteiger partial charge in [0.25, 0.3) is 5.69 Å². The Balaban J connectivity index is 2.13. The van der Waals surface area contributed by atoms with Gasteiger partial charge in [0.15, 0.2) is 0 Å². The molecule has 0 amide bonds. The second-order valence-electron chi connectivity index (χ2n) is 3.64. The first-order chi connectivity index (χ1) is 9.06. The number of hydrazone groups is 1. The first-order valence-corrected chi connectivity index (χ1v) is 6.11. The van der Waals surface area contributed by atoms with Crippen LogP contribution in [0.5, 0.6) is 5.75 Å². The zero-order valence-corrected chi connectivity index (χ0v) is 10.7. The van der Waals surface area contributed by atoms with Crippen LogP contribution in [-0.4, -0.2) is 16.1 Å². The molecule has 1 aromatic carbocycles. The van der Waals surface area contributed by atoms with Gasteiger partial charge in [0.2, 0.25) is 5.13 Å². The number of non-ortho nitro benzene ring substituents is 1. The van der Waals surface area contributed by atoms with Gasteiger partial charge < -0.3 is 5.11 Å². The van der Waals surface area contributed by atoms with Crippen molar-refractivity contribution >= 4 is 28.4 Å². The maximum atomic E-state index is 11.5. The summed E-state index contributed by atoms with van der Waals surface area (Å²) in [6.07, 6.45) is 1.24. The molecule has 0 saturated carbocycles. The summed E-state index contributed by atoms with van der Waals surface area (Å²) in [6, 6.07) is 3.49. The number of anilines is 1. The molecule has 0 spiro atoms. The van der Waals surface area contributed by atoms with Crippen LogP contribution in [0.4, 0.5) is 10.8 Å². The van der Waals surface area contributed by atoms with Crippen molar-refractivity contribution in [1.29, 1.82) is 0 Å². The number of nitrogens with zero attached hydrogens (tertiary/aromatic N) is 3. The van der Waals surface area contributed by atoms with Crippen LogP contribution >= 0.6 is 11.3 Å². The average Bonchev–Trinajstić information content (AvgIpc) is 2.77. The monoisotopic (exact) mass is 277 g/mol. The molecule has 0 aliphatic heterocycles. The highest BCUT2D eigenvalue weighted by atomic mass is 32.1. The number of benzene rings is 1. The number of aryl methyl sites for hydroxylation is 1.